The van der Waals surface area contributed by atoms with Crippen LogP contribution in [0.5, 0.6) is 0 Å². The fourth-order valence-electron chi connectivity index (χ4n) is 2.30. The molecule has 1 heterocycles. The van der Waals surface area contributed by atoms with Gasteiger partial charge in [-0.15, -0.1) is 11.3 Å². The third-order valence-electron chi connectivity index (χ3n) is 3.37. The van der Waals surface area contributed by atoms with Gasteiger partial charge in [-0.3, -0.25) is 4.79 Å². The van der Waals surface area contributed by atoms with Crippen molar-refractivity contribution in [3.05, 3.63) is 59.2 Å². The quantitative estimate of drug-likeness (QED) is 0.729. The normalized spacial score (nSPS) is 10.6. The van der Waals surface area contributed by atoms with Gasteiger partial charge in [0.15, 0.2) is 10.9 Å². The van der Waals surface area contributed by atoms with E-state index in [1.54, 1.807) is 0 Å². The summed E-state index contributed by atoms with van der Waals surface area (Å²) in [6.07, 6.45) is 0. The van der Waals surface area contributed by atoms with E-state index < -0.39 is 0 Å². The first-order valence-corrected chi connectivity index (χ1v) is 7.55. The van der Waals surface area contributed by atoms with Crippen molar-refractivity contribution in [1.82, 2.24) is 4.98 Å². The van der Waals surface area contributed by atoms with Crippen molar-refractivity contribution in [2.75, 3.05) is 5.73 Å². The van der Waals surface area contributed by atoms with Gasteiger partial charge in [0, 0.05) is 16.5 Å². The van der Waals surface area contributed by atoms with Gasteiger partial charge in [0.25, 0.3) is 0 Å². The summed E-state index contributed by atoms with van der Waals surface area (Å²) in [5.41, 5.74) is 9.26. The Morgan fingerprint density at radius 2 is 1.82 bits per heavy atom. The standard InChI is InChI=1S/C17H13FN2OS/c1-10(21)14-7-6-13(18)8-15(14)11-2-4-12(5-3-11)16-9-22-17(19)20-16/h2-9H,1H3,(H2,19,20). The molecular formula is C17H13FN2OS. The Labute approximate surface area is 131 Å². The molecule has 0 spiro atoms. The summed E-state index contributed by atoms with van der Waals surface area (Å²) in [5.74, 6) is -0.456. The molecule has 22 heavy (non-hydrogen) atoms. The van der Waals surface area contributed by atoms with Gasteiger partial charge in [0.05, 0.1) is 5.69 Å². The van der Waals surface area contributed by atoms with Crippen LogP contribution >= 0.6 is 11.3 Å². The third-order valence-corrected chi connectivity index (χ3v) is 4.05. The second-order valence-electron chi connectivity index (χ2n) is 4.89. The Balaban J connectivity index is 2.03. The summed E-state index contributed by atoms with van der Waals surface area (Å²) in [4.78, 5) is 15.9. The number of nitrogens with two attached hydrogens (primary N) is 1. The maximum atomic E-state index is 13.5. The van der Waals surface area contributed by atoms with Crippen LogP contribution in [0.25, 0.3) is 22.4 Å². The van der Waals surface area contributed by atoms with Crippen LogP contribution in [0, 0.1) is 5.82 Å². The van der Waals surface area contributed by atoms with Crippen molar-refractivity contribution in [3.8, 4) is 22.4 Å². The topological polar surface area (TPSA) is 56.0 Å². The number of aromatic nitrogens is 1. The van der Waals surface area contributed by atoms with Crippen molar-refractivity contribution in [2.45, 2.75) is 6.92 Å². The molecule has 0 atom stereocenters. The lowest BCUT2D eigenvalue weighted by Crippen LogP contribution is -1.97. The van der Waals surface area contributed by atoms with Crippen LogP contribution in [-0.2, 0) is 0 Å². The third kappa shape index (κ3) is 2.76. The zero-order valence-corrected chi connectivity index (χ0v) is 12.7. The minimum atomic E-state index is -0.364. The highest BCUT2D eigenvalue weighted by molar-refractivity contribution is 7.13. The number of halogens is 1. The monoisotopic (exact) mass is 312 g/mol. The average molecular weight is 312 g/mol. The van der Waals surface area contributed by atoms with E-state index in [-0.39, 0.29) is 11.6 Å². The number of rotatable bonds is 3. The van der Waals surface area contributed by atoms with Gasteiger partial charge in [0.2, 0.25) is 0 Å². The highest BCUT2D eigenvalue weighted by Gasteiger charge is 2.11. The van der Waals surface area contributed by atoms with E-state index in [2.05, 4.69) is 4.98 Å². The molecule has 0 aliphatic heterocycles. The number of thiazole rings is 1. The first-order chi connectivity index (χ1) is 10.5. The summed E-state index contributed by atoms with van der Waals surface area (Å²) in [5, 5.41) is 2.40. The fourth-order valence-corrected chi connectivity index (χ4v) is 2.88. The van der Waals surface area contributed by atoms with Gasteiger partial charge < -0.3 is 5.73 Å². The van der Waals surface area contributed by atoms with Crippen LogP contribution in [0.15, 0.2) is 47.8 Å². The zero-order chi connectivity index (χ0) is 15.7. The van der Waals surface area contributed by atoms with E-state index in [4.69, 9.17) is 5.73 Å². The van der Waals surface area contributed by atoms with Crippen LogP contribution in [0.1, 0.15) is 17.3 Å². The molecule has 0 aliphatic rings. The second-order valence-corrected chi connectivity index (χ2v) is 5.78. The number of nitrogen functional groups attached to an aromatic ring is 1. The molecule has 2 aromatic carbocycles. The molecule has 3 nitrogen and oxygen atoms in total. The molecule has 0 saturated carbocycles. The Hall–Kier alpha value is -2.53. The zero-order valence-electron chi connectivity index (χ0n) is 11.8. The smallest absolute Gasteiger partial charge is 0.180 e. The van der Waals surface area contributed by atoms with Gasteiger partial charge in [-0.1, -0.05) is 24.3 Å². The Kier molecular flexibility index (Phi) is 3.73. The van der Waals surface area contributed by atoms with Crippen LogP contribution in [0.2, 0.25) is 0 Å². The molecular weight excluding hydrogens is 299 g/mol. The van der Waals surface area contributed by atoms with E-state index in [1.165, 1.54) is 36.5 Å². The number of hydrogen-bond donors (Lipinski definition) is 1. The van der Waals surface area contributed by atoms with Gasteiger partial charge in [0.1, 0.15) is 5.82 Å². The van der Waals surface area contributed by atoms with Gasteiger partial charge in [-0.05, 0) is 36.2 Å². The minimum absolute atomic E-state index is 0.0913. The summed E-state index contributed by atoms with van der Waals surface area (Å²) in [6, 6.07) is 11.7. The Morgan fingerprint density at radius 3 is 2.41 bits per heavy atom. The predicted molar refractivity (Wildman–Crippen MR) is 87.4 cm³/mol. The highest BCUT2D eigenvalue weighted by atomic mass is 32.1. The molecule has 3 rings (SSSR count). The van der Waals surface area contributed by atoms with Crippen LogP contribution in [-0.4, -0.2) is 10.8 Å². The molecule has 0 fully saturated rings. The molecule has 0 bridgehead atoms. The van der Waals surface area contributed by atoms with Crippen molar-refractivity contribution in [2.24, 2.45) is 0 Å². The van der Waals surface area contributed by atoms with E-state index >= 15 is 0 Å². The van der Waals surface area contributed by atoms with Gasteiger partial charge >= 0.3 is 0 Å². The molecule has 1 aromatic heterocycles. The molecule has 2 N–H and O–H groups in total. The Bertz CT molecular complexity index is 840. The molecule has 0 amide bonds. The molecule has 110 valence electrons. The number of hydrogen-bond acceptors (Lipinski definition) is 4. The van der Waals surface area contributed by atoms with Gasteiger partial charge in [-0.2, -0.15) is 0 Å². The first kappa shape index (κ1) is 14.4. The SMILES string of the molecule is CC(=O)c1ccc(F)cc1-c1ccc(-c2csc(N)n2)cc1. The number of Topliss-reactive ketones (excluding diaryl/α,β-unsaturated/α-hetero) is 1. The number of ketones is 1. The van der Waals surface area contributed by atoms with Crippen molar-refractivity contribution in [3.63, 3.8) is 0 Å². The number of anilines is 1. The lowest BCUT2D eigenvalue weighted by Gasteiger charge is -2.08. The molecule has 3 aromatic rings. The largest absolute Gasteiger partial charge is 0.375 e. The number of benzene rings is 2. The first-order valence-electron chi connectivity index (χ1n) is 6.67. The van der Waals surface area contributed by atoms with Crippen molar-refractivity contribution < 1.29 is 9.18 Å². The maximum absolute atomic E-state index is 13.5. The fraction of sp³-hybridized carbons (Fsp3) is 0.0588. The molecule has 0 aliphatic carbocycles. The van der Waals surface area contributed by atoms with E-state index in [0.29, 0.717) is 16.3 Å². The van der Waals surface area contributed by atoms with Crippen LogP contribution in [0.3, 0.4) is 0 Å². The summed E-state index contributed by atoms with van der Waals surface area (Å²) in [6.45, 7) is 1.48. The molecule has 0 radical (unpaired) electrons. The molecule has 0 saturated heterocycles. The maximum Gasteiger partial charge on any atom is 0.180 e. The number of carbonyl (C=O) groups excluding carboxylic acids is 1. The minimum Gasteiger partial charge on any atom is -0.375 e. The summed E-state index contributed by atoms with van der Waals surface area (Å²) in [7, 11) is 0. The van der Waals surface area contributed by atoms with Crippen LogP contribution in [0.4, 0.5) is 9.52 Å². The number of carbonyl (C=O) groups is 1. The lowest BCUT2D eigenvalue weighted by molar-refractivity contribution is 0.101. The highest BCUT2D eigenvalue weighted by Crippen LogP contribution is 2.29. The van der Waals surface area contributed by atoms with Crippen molar-refractivity contribution >= 4 is 22.3 Å². The predicted octanol–water partition coefficient (Wildman–Crippen LogP) is 4.40. The molecule has 0 unspecified atom stereocenters. The van der Waals surface area contributed by atoms with E-state index in [9.17, 15) is 9.18 Å². The lowest BCUT2D eigenvalue weighted by atomic mass is 9.96. The Morgan fingerprint density at radius 1 is 1.14 bits per heavy atom. The van der Waals surface area contributed by atoms with Crippen LogP contribution < -0.4 is 5.73 Å². The second kappa shape index (κ2) is 5.69. The van der Waals surface area contributed by atoms with Crippen molar-refractivity contribution in [1.29, 1.82) is 0 Å². The number of nitrogens with zero attached hydrogens (tertiary/aromatic N) is 1. The summed E-state index contributed by atoms with van der Waals surface area (Å²) >= 11 is 1.38. The molecule has 5 heteroatoms. The van der Waals surface area contributed by atoms with Gasteiger partial charge in [-0.25, -0.2) is 9.37 Å². The average Bonchev–Trinajstić information content (AvgIpc) is 2.93. The summed E-state index contributed by atoms with van der Waals surface area (Å²) < 4.78 is 13.5. The van der Waals surface area contributed by atoms with E-state index in [1.807, 2.05) is 29.6 Å². The van der Waals surface area contributed by atoms with E-state index in [0.717, 1.165) is 16.8 Å².